The van der Waals surface area contributed by atoms with E-state index in [4.69, 9.17) is 0 Å². The topological polar surface area (TPSA) is 24.7 Å². The fourth-order valence-corrected chi connectivity index (χ4v) is 2.86. The summed E-state index contributed by atoms with van der Waals surface area (Å²) < 4.78 is 0. The quantitative estimate of drug-likeness (QED) is 0.360. The molecule has 1 rings (SSSR count). The first-order valence-corrected chi connectivity index (χ1v) is 8.48. The zero-order valence-corrected chi connectivity index (χ0v) is 13.7. The van der Waals surface area contributed by atoms with Crippen molar-refractivity contribution < 1.29 is 0 Å². The van der Waals surface area contributed by atoms with Gasteiger partial charge in [0.25, 0.3) is 0 Å². The largest absolute Gasteiger partial charge is 0.188 e. The number of rotatable bonds is 12. The van der Waals surface area contributed by atoms with Crippen molar-refractivity contribution in [3.63, 3.8) is 0 Å². The van der Waals surface area contributed by atoms with E-state index in [0.717, 1.165) is 6.42 Å². The molecule has 0 fully saturated rings. The zero-order valence-electron chi connectivity index (χ0n) is 13.7. The van der Waals surface area contributed by atoms with Gasteiger partial charge in [-0.05, 0) is 38.0 Å². The number of hydrogen-bond donors (Lipinski definition) is 0. The third-order valence-corrected chi connectivity index (χ3v) is 4.66. The van der Waals surface area contributed by atoms with Gasteiger partial charge >= 0.3 is 0 Å². The molecule has 1 heterocycles. The molecule has 112 valence electrons. The van der Waals surface area contributed by atoms with Crippen molar-refractivity contribution in [1.82, 2.24) is 0 Å². The van der Waals surface area contributed by atoms with E-state index < -0.39 is 0 Å². The highest BCUT2D eigenvalue weighted by Crippen LogP contribution is 2.41. The molecule has 0 spiro atoms. The maximum atomic E-state index is 4.16. The van der Waals surface area contributed by atoms with Crippen LogP contribution in [0.15, 0.2) is 10.2 Å². The van der Waals surface area contributed by atoms with E-state index in [2.05, 4.69) is 37.9 Å². The van der Waals surface area contributed by atoms with Gasteiger partial charge in [-0.3, -0.25) is 0 Å². The summed E-state index contributed by atoms with van der Waals surface area (Å²) in [6.45, 7) is 9.24. The summed E-state index contributed by atoms with van der Waals surface area (Å²) in [7, 11) is 0. The van der Waals surface area contributed by atoms with Gasteiger partial charge in [0.2, 0.25) is 0 Å². The molecule has 0 saturated heterocycles. The van der Waals surface area contributed by atoms with Crippen LogP contribution in [0.2, 0.25) is 0 Å². The molecule has 0 aromatic heterocycles. The van der Waals surface area contributed by atoms with Crippen molar-refractivity contribution in [3.8, 4) is 0 Å². The summed E-state index contributed by atoms with van der Waals surface area (Å²) in [5, 5.41) is 8.33. The molecule has 19 heavy (non-hydrogen) atoms. The highest BCUT2D eigenvalue weighted by Gasteiger charge is 2.36. The molecule has 0 amide bonds. The number of unbranched alkanes of at least 4 members (excludes halogenated alkanes) is 5. The minimum Gasteiger partial charge on any atom is -0.159 e. The van der Waals surface area contributed by atoms with E-state index >= 15 is 0 Å². The number of nitrogens with zero attached hydrogens (tertiary/aromatic N) is 2. The SMILES string of the molecule is CCCCCCCC(C)(CCCC)CCC1(C)N=N1. The fourth-order valence-electron chi connectivity index (χ4n) is 2.86. The van der Waals surface area contributed by atoms with E-state index in [0.29, 0.717) is 5.41 Å². The first kappa shape index (κ1) is 16.7. The van der Waals surface area contributed by atoms with Crippen LogP contribution >= 0.6 is 0 Å². The lowest BCUT2D eigenvalue weighted by molar-refractivity contribution is 0.218. The van der Waals surface area contributed by atoms with Crippen molar-refractivity contribution >= 4 is 0 Å². The van der Waals surface area contributed by atoms with Crippen LogP contribution in [-0.2, 0) is 0 Å². The van der Waals surface area contributed by atoms with Gasteiger partial charge in [-0.1, -0.05) is 65.7 Å². The van der Waals surface area contributed by atoms with Crippen molar-refractivity contribution in [2.24, 2.45) is 15.6 Å². The van der Waals surface area contributed by atoms with E-state index in [1.807, 2.05) is 0 Å². The Morgan fingerprint density at radius 3 is 1.95 bits per heavy atom. The minimum atomic E-state index is -0.00428. The molecule has 1 aliphatic rings. The van der Waals surface area contributed by atoms with Gasteiger partial charge in [-0.25, -0.2) is 0 Å². The molecule has 2 nitrogen and oxygen atoms in total. The molecule has 0 aliphatic carbocycles. The molecule has 0 bridgehead atoms. The Hall–Kier alpha value is -0.400. The van der Waals surface area contributed by atoms with Crippen LogP contribution in [0.4, 0.5) is 0 Å². The second kappa shape index (κ2) is 8.01. The summed E-state index contributed by atoms with van der Waals surface area (Å²) in [5.41, 5.74) is 0.522. The maximum absolute atomic E-state index is 4.16. The van der Waals surface area contributed by atoms with Crippen molar-refractivity contribution in [3.05, 3.63) is 0 Å². The van der Waals surface area contributed by atoms with Gasteiger partial charge < -0.3 is 0 Å². The minimum absolute atomic E-state index is 0.00428. The zero-order chi connectivity index (χ0) is 14.2. The molecule has 0 aromatic rings. The summed E-state index contributed by atoms with van der Waals surface area (Å²) in [4.78, 5) is 0. The van der Waals surface area contributed by atoms with Crippen LogP contribution in [0.5, 0.6) is 0 Å². The molecule has 0 aromatic carbocycles. The molecular weight excluding hydrogens is 232 g/mol. The Bertz CT molecular complexity index is 266. The lowest BCUT2D eigenvalue weighted by Crippen LogP contribution is -2.20. The van der Waals surface area contributed by atoms with Crippen LogP contribution in [0, 0.1) is 5.41 Å². The average molecular weight is 266 g/mol. The highest BCUT2D eigenvalue weighted by atomic mass is 15.4. The summed E-state index contributed by atoms with van der Waals surface area (Å²) in [6, 6.07) is 0. The molecule has 0 radical (unpaired) electrons. The molecule has 0 N–H and O–H groups in total. The summed E-state index contributed by atoms with van der Waals surface area (Å²) in [5.74, 6) is 0. The van der Waals surface area contributed by atoms with E-state index in [-0.39, 0.29) is 5.66 Å². The van der Waals surface area contributed by atoms with Crippen LogP contribution in [0.1, 0.15) is 98.3 Å². The highest BCUT2D eigenvalue weighted by molar-refractivity contribution is 4.90. The Labute approximate surface area is 120 Å². The standard InChI is InChI=1S/C17H34N2/c1-5-7-9-10-11-13-16(3,12-8-6-2)14-15-17(4)18-19-17/h5-15H2,1-4H3. The summed E-state index contributed by atoms with van der Waals surface area (Å²) in [6.07, 6.45) is 14.9. The Morgan fingerprint density at radius 2 is 1.37 bits per heavy atom. The van der Waals surface area contributed by atoms with Gasteiger partial charge in [0.05, 0.1) is 0 Å². The Morgan fingerprint density at radius 1 is 0.789 bits per heavy atom. The second-order valence-corrected chi connectivity index (χ2v) is 7.00. The predicted molar refractivity (Wildman–Crippen MR) is 83.5 cm³/mol. The van der Waals surface area contributed by atoms with Gasteiger partial charge in [0, 0.05) is 0 Å². The van der Waals surface area contributed by atoms with Gasteiger partial charge in [-0.15, -0.1) is 0 Å². The molecule has 2 heteroatoms. The Kier molecular flexibility index (Phi) is 7.02. The molecule has 0 saturated carbocycles. The molecular formula is C17H34N2. The van der Waals surface area contributed by atoms with Crippen molar-refractivity contribution in [2.45, 2.75) is 104 Å². The van der Waals surface area contributed by atoms with Crippen LogP contribution in [-0.4, -0.2) is 5.66 Å². The third-order valence-electron chi connectivity index (χ3n) is 4.66. The Balaban J connectivity index is 2.26. The molecule has 1 aliphatic heterocycles. The third kappa shape index (κ3) is 7.08. The lowest BCUT2D eigenvalue weighted by Gasteiger charge is -2.30. The second-order valence-electron chi connectivity index (χ2n) is 7.00. The fraction of sp³-hybridized carbons (Fsp3) is 1.00. The van der Waals surface area contributed by atoms with Crippen LogP contribution < -0.4 is 0 Å². The van der Waals surface area contributed by atoms with E-state index in [9.17, 15) is 0 Å². The molecule has 1 atom stereocenters. The normalized spacial score (nSPS) is 19.4. The van der Waals surface area contributed by atoms with E-state index in [1.165, 1.54) is 64.2 Å². The van der Waals surface area contributed by atoms with Gasteiger partial charge in [0.15, 0.2) is 5.66 Å². The first-order chi connectivity index (χ1) is 9.04. The van der Waals surface area contributed by atoms with Crippen LogP contribution in [0.3, 0.4) is 0 Å². The summed E-state index contributed by atoms with van der Waals surface area (Å²) >= 11 is 0. The van der Waals surface area contributed by atoms with Crippen LogP contribution in [0.25, 0.3) is 0 Å². The van der Waals surface area contributed by atoms with Gasteiger partial charge in [-0.2, -0.15) is 10.2 Å². The van der Waals surface area contributed by atoms with Gasteiger partial charge in [0.1, 0.15) is 0 Å². The van der Waals surface area contributed by atoms with E-state index in [1.54, 1.807) is 0 Å². The number of hydrogen-bond acceptors (Lipinski definition) is 2. The maximum Gasteiger partial charge on any atom is 0.188 e. The lowest BCUT2D eigenvalue weighted by atomic mass is 9.75. The monoisotopic (exact) mass is 266 g/mol. The predicted octanol–water partition coefficient (Wildman–Crippen LogP) is 6.51. The molecule has 1 unspecified atom stereocenters. The van der Waals surface area contributed by atoms with Crippen molar-refractivity contribution in [1.29, 1.82) is 0 Å². The smallest absolute Gasteiger partial charge is 0.159 e. The first-order valence-electron chi connectivity index (χ1n) is 8.48. The average Bonchev–Trinajstić information content (AvgIpc) is 3.13. The van der Waals surface area contributed by atoms with Crippen molar-refractivity contribution in [2.75, 3.05) is 0 Å².